The van der Waals surface area contributed by atoms with Crippen molar-refractivity contribution in [2.75, 3.05) is 9.62 Å². The summed E-state index contributed by atoms with van der Waals surface area (Å²) in [6.45, 7) is 0. The first-order chi connectivity index (χ1) is 21.7. The molecule has 5 rings (SSSR count). The second-order valence-electron chi connectivity index (χ2n) is 9.72. The Bertz CT molecular complexity index is 1840. The predicted octanol–water partition coefficient (Wildman–Crippen LogP) is 7.34. The van der Waals surface area contributed by atoms with Crippen LogP contribution in [0, 0.1) is 0 Å². The Hall–Kier alpha value is -3.84. The fraction of sp³-hybridized carbons (Fsp3) is 0.0968. The van der Waals surface area contributed by atoms with Gasteiger partial charge in [-0.3, -0.25) is 14.1 Å². The van der Waals surface area contributed by atoms with E-state index in [1.54, 1.807) is 42.5 Å². The van der Waals surface area contributed by atoms with Crippen LogP contribution in [0.2, 0.25) is 15.1 Å². The Balaban J connectivity index is 1.49. The van der Waals surface area contributed by atoms with Gasteiger partial charge in [0.25, 0.3) is 17.2 Å². The van der Waals surface area contributed by atoms with E-state index in [9.17, 15) is 18.4 Å². The average Bonchev–Trinajstić information content (AvgIpc) is 3.46. The number of amides is 2. The van der Waals surface area contributed by atoms with Crippen LogP contribution >= 0.6 is 46.5 Å². The van der Waals surface area contributed by atoms with Gasteiger partial charge in [0, 0.05) is 23.6 Å². The van der Waals surface area contributed by atoms with Crippen LogP contribution in [-0.2, 0) is 28.9 Å². The third kappa shape index (κ3) is 8.26. The Morgan fingerprint density at radius 3 is 2.27 bits per heavy atom. The lowest BCUT2D eigenvalue weighted by atomic mass is 10.0. The van der Waals surface area contributed by atoms with Gasteiger partial charge in [-0.15, -0.1) is 0 Å². The first-order valence-electron chi connectivity index (χ1n) is 13.4. The first kappa shape index (κ1) is 32.6. The summed E-state index contributed by atoms with van der Waals surface area (Å²) in [7, 11) is 0. The number of hydrogen-bond acceptors (Lipinski definition) is 6. The highest BCUT2D eigenvalue weighted by molar-refractivity contribution is 7.81. The largest absolute Gasteiger partial charge is 0.340 e. The van der Waals surface area contributed by atoms with Crippen LogP contribution < -0.4 is 14.9 Å². The molecule has 45 heavy (non-hydrogen) atoms. The lowest BCUT2D eigenvalue weighted by Crippen LogP contribution is -2.45. The summed E-state index contributed by atoms with van der Waals surface area (Å²) < 4.78 is 32.9. The maximum atomic E-state index is 13.9. The van der Waals surface area contributed by atoms with Crippen molar-refractivity contribution in [1.82, 2.24) is 14.1 Å². The topological polar surface area (TPSA) is 125 Å². The fourth-order valence-electron chi connectivity index (χ4n) is 4.49. The summed E-state index contributed by atoms with van der Waals surface area (Å²) in [5.74, 6) is -1.10. The van der Waals surface area contributed by atoms with Crippen LogP contribution in [-0.4, -0.2) is 35.4 Å². The molecule has 0 spiro atoms. The molecule has 0 radical (unpaired) electrons. The van der Waals surface area contributed by atoms with E-state index in [-0.39, 0.29) is 28.5 Å². The van der Waals surface area contributed by atoms with Gasteiger partial charge in [0.05, 0.1) is 33.0 Å². The molecule has 0 saturated carbocycles. The maximum Gasteiger partial charge on any atom is 0.268 e. The molecular weight excluding hydrogens is 677 g/mol. The molecule has 0 aliphatic rings. The molecule has 230 valence electrons. The monoisotopic (exact) mass is 699 g/mol. The molecule has 14 heteroatoms. The number of benzene rings is 4. The number of carbonyl (C=O) groups excluding carboxylic acids is 2. The highest BCUT2D eigenvalue weighted by atomic mass is 35.5. The number of nitrogens with one attached hydrogen (secondary N) is 2. The van der Waals surface area contributed by atoms with E-state index in [2.05, 4.69) is 19.4 Å². The Morgan fingerprint density at radius 1 is 0.867 bits per heavy atom. The van der Waals surface area contributed by atoms with Gasteiger partial charge in [0.15, 0.2) is 5.82 Å². The molecule has 0 aliphatic carbocycles. The Morgan fingerprint density at radius 2 is 1.58 bits per heavy atom. The van der Waals surface area contributed by atoms with Gasteiger partial charge >= 0.3 is 0 Å². The molecule has 1 aromatic heterocycles. The van der Waals surface area contributed by atoms with Gasteiger partial charge in [0.1, 0.15) is 11.7 Å². The number of halogens is 3. The van der Waals surface area contributed by atoms with Crippen molar-refractivity contribution in [3.05, 3.63) is 135 Å². The highest BCUT2D eigenvalue weighted by Crippen LogP contribution is 2.34. The van der Waals surface area contributed by atoms with Crippen molar-refractivity contribution < 1.29 is 18.4 Å². The van der Waals surface area contributed by atoms with Crippen LogP contribution in [0.3, 0.4) is 0 Å². The molecule has 0 aliphatic heterocycles. The summed E-state index contributed by atoms with van der Waals surface area (Å²) in [4.78, 5) is 27.4. The number of rotatable bonds is 11. The molecular formula is C31H24Cl3N5O4S2. The van der Waals surface area contributed by atoms with Crippen molar-refractivity contribution >= 4 is 86.8 Å². The number of carbonyl (C=O) groups is 2. The highest BCUT2D eigenvalue weighted by Gasteiger charge is 2.30. The summed E-state index contributed by atoms with van der Waals surface area (Å²) in [5.41, 5.74) is 2.50. The van der Waals surface area contributed by atoms with E-state index in [1.807, 2.05) is 36.4 Å². The van der Waals surface area contributed by atoms with Crippen LogP contribution in [0.15, 0.2) is 97.1 Å². The van der Waals surface area contributed by atoms with Crippen LogP contribution in [0.5, 0.6) is 0 Å². The lowest BCUT2D eigenvalue weighted by molar-refractivity contribution is -0.118. The molecule has 3 N–H and O–H groups in total. The molecule has 2 amide bonds. The standard InChI is InChI=1S/C31H24Cl3N5O4S2/c32-21-12-13-23(28(18-21)39(45(42)43)29-26(37-44-38-29)16-19-7-3-1-4-8-19)30(40)36-27(17-20-11-14-24(33)25(34)15-20)31(41)35-22-9-5-2-6-10-22/h1-15,18,27H,16-17H2,(H,35,41)(H,36,40)(H,42,43). The molecule has 1 heterocycles. The fourth-order valence-corrected chi connectivity index (χ4v) is 6.19. The second kappa shape index (κ2) is 15.0. The number of anilines is 3. The zero-order chi connectivity index (χ0) is 31.9. The van der Waals surface area contributed by atoms with E-state index in [0.717, 1.165) is 21.6 Å². The summed E-state index contributed by atoms with van der Waals surface area (Å²) in [6, 6.07) is 26.3. The van der Waals surface area contributed by atoms with Gasteiger partial charge in [-0.25, -0.2) is 8.51 Å². The number of nitrogens with zero attached hydrogens (tertiary/aromatic N) is 3. The van der Waals surface area contributed by atoms with E-state index in [4.69, 9.17) is 34.8 Å². The van der Waals surface area contributed by atoms with Crippen molar-refractivity contribution in [3.8, 4) is 0 Å². The van der Waals surface area contributed by atoms with E-state index in [1.165, 1.54) is 18.2 Å². The van der Waals surface area contributed by atoms with Crippen molar-refractivity contribution in [2.24, 2.45) is 0 Å². The Labute approximate surface area is 280 Å². The van der Waals surface area contributed by atoms with Gasteiger partial charge in [0.2, 0.25) is 5.91 Å². The van der Waals surface area contributed by atoms with Gasteiger partial charge < -0.3 is 10.6 Å². The molecule has 0 saturated heterocycles. The van der Waals surface area contributed by atoms with Crippen LogP contribution in [0.1, 0.15) is 27.2 Å². The Kier molecular flexibility index (Phi) is 10.8. The SMILES string of the molecule is O=C(NC(Cc1ccc(Cl)c(Cl)c1)C(=O)Nc1ccccc1)c1ccc(Cl)cc1N(c1nsnc1Cc1ccccc1)S(=O)O. The second-order valence-corrected chi connectivity index (χ2v) is 12.3. The van der Waals surface area contributed by atoms with Crippen molar-refractivity contribution in [2.45, 2.75) is 18.9 Å². The number of aromatic nitrogens is 2. The molecule has 0 fully saturated rings. The smallest absolute Gasteiger partial charge is 0.268 e. The van der Waals surface area contributed by atoms with Gasteiger partial charge in [-0.1, -0.05) is 89.4 Å². The summed E-state index contributed by atoms with van der Waals surface area (Å²) in [6.07, 6.45) is 0.394. The molecule has 2 unspecified atom stereocenters. The predicted molar refractivity (Wildman–Crippen MR) is 180 cm³/mol. The number of hydrogen-bond donors (Lipinski definition) is 3. The zero-order valence-corrected chi connectivity index (χ0v) is 27.1. The van der Waals surface area contributed by atoms with E-state index < -0.39 is 29.1 Å². The number of para-hydroxylation sites is 1. The lowest BCUT2D eigenvalue weighted by Gasteiger charge is -2.23. The zero-order valence-electron chi connectivity index (χ0n) is 23.2. The summed E-state index contributed by atoms with van der Waals surface area (Å²) >= 11 is 16.8. The third-order valence-electron chi connectivity index (χ3n) is 6.61. The van der Waals surface area contributed by atoms with E-state index >= 15 is 0 Å². The van der Waals surface area contributed by atoms with E-state index in [0.29, 0.717) is 33.4 Å². The maximum absolute atomic E-state index is 13.9. The average molecular weight is 701 g/mol. The minimum absolute atomic E-state index is 0.000370. The minimum atomic E-state index is -2.68. The van der Waals surface area contributed by atoms with Crippen LogP contribution in [0.25, 0.3) is 0 Å². The summed E-state index contributed by atoms with van der Waals surface area (Å²) in [5, 5.41) is 6.44. The molecule has 2 atom stereocenters. The third-order valence-corrected chi connectivity index (χ3v) is 8.82. The van der Waals surface area contributed by atoms with Gasteiger partial charge in [-0.05, 0) is 53.6 Å². The molecule has 4 aromatic carbocycles. The minimum Gasteiger partial charge on any atom is -0.340 e. The quantitative estimate of drug-likeness (QED) is 0.124. The van der Waals surface area contributed by atoms with Gasteiger partial charge in [-0.2, -0.15) is 8.75 Å². The van der Waals surface area contributed by atoms with Crippen LogP contribution in [0.4, 0.5) is 17.2 Å². The molecule has 0 bridgehead atoms. The van der Waals surface area contributed by atoms with Crippen molar-refractivity contribution in [1.29, 1.82) is 0 Å². The normalized spacial score (nSPS) is 12.3. The molecule has 9 nitrogen and oxygen atoms in total. The first-order valence-corrected chi connectivity index (χ1v) is 16.3. The van der Waals surface area contributed by atoms with Crippen molar-refractivity contribution in [3.63, 3.8) is 0 Å². The molecule has 5 aromatic rings.